The van der Waals surface area contributed by atoms with Gasteiger partial charge in [0.25, 0.3) is 0 Å². The van der Waals surface area contributed by atoms with Gasteiger partial charge in [0.15, 0.2) is 0 Å². The van der Waals surface area contributed by atoms with Crippen molar-refractivity contribution >= 4 is 17.5 Å². The van der Waals surface area contributed by atoms with Crippen molar-refractivity contribution in [3.63, 3.8) is 0 Å². The van der Waals surface area contributed by atoms with Gasteiger partial charge in [-0.15, -0.1) is 11.6 Å². The average Bonchev–Trinajstić information content (AvgIpc) is 2.14. The van der Waals surface area contributed by atoms with Crippen LogP contribution in [-0.2, 0) is 4.79 Å². The van der Waals surface area contributed by atoms with Gasteiger partial charge in [-0.05, 0) is 19.3 Å². The molecule has 1 saturated heterocycles. The van der Waals surface area contributed by atoms with Crippen LogP contribution in [0.15, 0.2) is 0 Å². The van der Waals surface area contributed by atoms with Gasteiger partial charge in [0.1, 0.15) is 5.88 Å². The highest BCUT2D eigenvalue weighted by atomic mass is 35.5. The number of halogens is 1. The molecule has 86 valence electrons. The van der Waals surface area contributed by atoms with Crippen LogP contribution in [0.3, 0.4) is 0 Å². The first-order chi connectivity index (χ1) is 7.15. The third-order valence-corrected chi connectivity index (χ3v) is 3.93. The van der Waals surface area contributed by atoms with E-state index in [0.717, 1.165) is 12.8 Å². The Morgan fingerprint density at radius 2 is 2.00 bits per heavy atom. The number of hydrogen-bond donors (Lipinski definition) is 0. The zero-order valence-electron chi connectivity index (χ0n) is 8.82. The Kier molecular flexibility index (Phi) is 3.19. The van der Waals surface area contributed by atoms with Crippen molar-refractivity contribution in [1.82, 2.24) is 4.90 Å². The molecular formula is C10H17ClN2O2. The van der Waals surface area contributed by atoms with E-state index >= 15 is 0 Å². The first-order valence-corrected chi connectivity index (χ1v) is 6.11. The highest BCUT2D eigenvalue weighted by molar-refractivity contribution is 6.27. The van der Waals surface area contributed by atoms with Crippen LogP contribution in [0.1, 0.15) is 19.3 Å². The topological polar surface area (TPSA) is 43.4 Å². The van der Waals surface area contributed by atoms with E-state index in [0.29, 0.717) is 32.2 Å². The second-order valence-corrected chi connectivity index (χ2v) is 4.77. The molecule has 1 aliphatic heterocycles. The van der Waals surface area contributed by atoms with Gasteiger partial charge in [-0.2, -0.15) is 0 Å². The number of quaternary nitrogens is 1. The summed E-state index contributed by atoms with van der Waals surface area (Å²) < 4.78 is -0.0773. The Hall–Kier alpha value is -0.320. The molecule has 0 spiro atoms. The molecule has 1 heterocycles. The summed E-state index contributed by atoms with van der Waals surface area (Å²) in [5, 5.41) is 12.3. The van der Waals surface area contributed by atoms with E-state index in [1.165, 1.54) is 6.42 Å². The highest BCUT2D eigenvalue weighted by Gasteiger charge is 2.37. The van der Waals surface area contributed by atoms with Crippen LogP contribution in [0.25, 0.3) is 0 Å². The van der Waals surface area contributed by atoms with E-state index in [1.807, 2.05) is 0 Å². The molecule has 0 N–H and O–H groups in total. The van der Waals surface area contributed by atoms with Crippen LogP contribution in [0, 0.1) is 5.21 Å². The molecule has 0 aromatic carbocycles. The molecule has 15 heavy (non-hydrogen) atoms. The molecule has 0 radical (unpaired) electrons. The summed E-state index contributed by atoms with van der Waals surface area (Å²) >= 11 is 5.48. The lowest BCUT2D eigenvalue weighted by molar-refractivity contribution is -0.914. The second kappa shape index (κ2) is 4.28. The number of alkyl halides is 1. The molecule has 1 amide bonds. The molecule has 0 aromatic rings. The minimum Gasteiger partial charge on any atom is -0.632 e. The summed E-state index contributed by atoms with van der Waals surface area (Å²) in [7, 11) is 0. The summed E-state index contributed by atoms with van der Waals surface area (Å²) in [6.45, 7) is 2.25. The van der Waals surface area contributed by atoms with Crippen molar-refractivity contribution < 1.29 is 9.44 Å². The molecule has 0 atom stereocenters. The maximum absolute atomic E-state index is 12.3. The third-order valence-electron chi connectivity index (χ3n) is 3.70. The van der Waals surface area contributed by atoms with E-state index in [2.05, 4.69) is 0 Å². The van der Waals surface area contributed by atoms with Crippen molar-refractivity contribution in [2.75, 3.05) is 32.1 Å². The number of amides is 1. The number of piperazine rings is 1. The van der Waals surface area contributed by atoms with Crippen LogP contribution < -0.4 is 0 Å². The quantitative estimate of drug-likeness (QED) is 0.404. The normalized spacial score (nSPS) is 26.1. The van der Waals surface area contributed by atoms with Gasteiger partial charge < -0.3 is 14.8 Å². The van der Waals surface area contributed by atoms with Crippen molar-refractivity contribution in [1.29, 1.82) is 0 Å². The van der Waals surface area contributed by atoms with Crippen LogP contribution in [-0.4, -0.2) is 53.6 Å². The van der Waals surface area contributed by atoms with Crippen LogP contribution in [0.2, 0.25) is 0 Å². The number of rotatable bonds is 2. The van der Waals surface area contributed by atoms with Gasteiger partial charge in [0.2, 0.25) is 5.91 Å². The number of hydroxylamine groups is 3. The average molecular weight is 233 g/mol. The van der Waals surface area contributed by atoms with Crippen LogP contribution in [0.5, 0.6) is 0 Å². The fourth-order valence-corrected chi connectivity index (χ4v) is 2.53. The molecule has 2 aliphatic rings. The lowest BCUT2D eigenvalue weighted by Gasteiger charge is -2.55. The minimum atomic E-state index is -0.0773. The van der Waals surface area contributed by atoms with Gasteiger partial charge in [0, 0.05) is 0 Å². The van der Waals surface area contributed by atoms with E-state index in [1.54, 1.807) is 4.90 Å². The summed E-state index contributed by atoms with van der Waals surface area (Å²) in [5.74, 6) is -0.0148. The van der Waals surface area contributed by atoms with E-state index in [9.17, 15) is 10.0 Å². The minimum absolute atomic E-state index is 0.0300. The van der Waals surface area contributed by atoms with Gasteiger partial charge in [0.05, 0.1) is 32.2 Å². The van der Waals surface area contributed by atoms with Crippen molar-refractivity contribution in [3.05, 3.63) is 5.21 Å². The third kappa shape index (κ3) is 2.12. The zero-order valence-corrected chi connectivity index (χ0v) is 9.58. The Balaban J connectivity index is 1.87. The van der Waals surface area contributed by atoms with E-state index < -0.39 is 0 Å². The van der Waals surface area contributed by atoms with Crippen molar-refractivity contribution in [2.45, 2.75) is 25.3 Å². The Labute approximate surface area is 95.0 Å². The summed E-state index contributed by atoms with van der Waals surface area (Å²) in [6.07, 6.45) is 3.32. The molecule has 0 bridgehead atoms. The standard InChI is InChI=1S/C10H17ClN2O2/c11-8-10(14)12-4-6-13(15,7-5-12)9-2-1-3-9/h9H,1-8H2. The van der Waals surface area contributed by atoms with Gasteiger partial charge in [-0.3, -0.25) is 4.79 Å². The fourth-order valence-electron chi connectivity index (χ4n) is 2.36. The largest absolute Gasteiger partial charge is 0.632 e. The Bertz CT molecular complexity index is 248. The molecule has 0 unspecified atom stereocenters. The first kappa shape index (κ1) is 11.2. The molecule has 2 rings (SSSR count). The van der Waals surface area contributed by atoms with Gasteiger partial charge in [-0.1, -0.05) is 0 Å². The fraction of sp³-hybridized carbons (Fsp3) is 0.900. The van der Waals surface area contributed by atoms with Crippen LogP contribution in [0.4, 0.5) is 0 Å². The summed E-state index contributed by atoms with van der Waals surface area (Å²) in [4.78, 5) is 13.0. The van der Waals surface area contributed by atoms with Gasteiger partial charge >= 0.3 is 0 Å². The molecule has 1 saturated carbocycles. The maximum atomic E-state index is 12.3. The summed E-state index contributed by atoms with van der Waals surface area (Å²) in [5.41, 5.74) is 0. The molecule has 4 nitrogen and oxygen atoms in total. The molecule has 2 fully saturated rings. The van der Waals surface area contributed by atoms with Crippen LogP contribution >= 0.6 is 11.6 Å². The SMILES string of the molecule is O=C(CCl)N1CC[N+]([O-])(C2CCC2)CC1. The van der Waals surface area contributed by atoms with E-state index in [-0.39, 0.29) is 16.4 Å². The second-order valence-electron chi connectivity index (χ2n) is 4.50. The van der Waals surface area contributed by atoms with Crippen molar-refractivity contribution in [3.8, 4) is 0 Å². The number of carbonyl (C=O) groups excluding carboxylic acids is 1. The lowest BCUT2D eigenvalue weighted by atomic mass is 9.90. The Morgan fingerprint density at radius 1 is 1.40 bits per heavy atom. The molecular weight excluding hydrogens is 216 g/mol. The first-order valence-electron chi connectivity index (χ1n) is 5.57. The predicted octanol–water partition coefficient (Wildman–Crippen LogP) is 0.934. The molecule has 0 aromatic heterocycles. The lowest BCUT2D eigenvalue weighted by Crippen LogP contribution is -2.63. The number of hydrogen-bond acceptors (Lipinski definition) is 2. The predicted molar refractivity (Wildman–Crippen MR) is 58.3 cm³/mol. The van der Waals surface area contributed by atoms with Crippen molar-refractivity contribution in [2.24, 2.45) is 0 Å². The number of carbonyl (C=O) groups is 1. The smallest absolute Gasteiger partial charge is 0.237 e. The Morgan fingerprint density at radius 3 is 2.40 bits per heavy atom. The van der Waals surface area contributed by atoms with Gasteiger partial charge in [-0.25, -0.2) is 0 Å². The monoisotopic (exact) mass is 232 g/mol. The van der Waals surface area contributed by atoms with E-state index in [4.69, 9.17) is 11.6 Å². The highest BCUT2D eigenvalue weighted by Crippen LogP contribution is 2.31. The molecule has 5 heteroatoms. The number of nitrogens with zero attached hydrogens (tertiary/aromatic N) is 2. The molecule has 1 aliphatic carbocycles. The zero-order chi connectivity index (χ0) is 10.9. The summed E-state index contributed by atoms with van der Waals surface area (Å²) in [6, 6.07) is 0.304. The maximum Gasteiger partial charge on any atom is 0.237 e.